The summed E-state index contributed by atoms with van der Waals surface area (Å²) in [6.45, 7) is 3.52. The zero-order valence-electron chi connectivity index (χ0n) is 19.2. The zero-order chi connectivity index (χ0) is 22.9. The predicted molar refractivity (Wildman–Crippen MR) is 127 cm³/mol. The summed E-state index contributed by atoms with van der Waals surface area (Å²) in [5.41, 5.74) is 17.4. The molecule has 2 aliphatic heterocycles. The lowest BCUT2D eigenvalue weighted by Gasteiger charge is -2.33. The van der Waals surface area contributed by atoms with E-state index in [1.807, 2.05) is 18.3 Å². The molecule has 2 aromatic rings. The van der Waals surface area contributed by atoms with Crippen molar-refractivity contribution in [1.82, 2.24) is 25.7 Å². The lowest BCUT2D eigenvalue weighted by atomic mass is 9.73. The predicted octanol–water partition coefficient (Wildman–Crippen LogP) is 2.35. The second kappa shape index (κ2) is 9.29. The van der Waals surface area contributed by atoms with Crippen molar-refractivity contribution in [3.8, 4) is 5.75 Å². The molecule has 8 heteroatoms. The van der Waals surface area contributed by atoms with Gasteiger partial charge in [-0.25, -0.2) is 10.4 Å². The first-order chi connectivity index (χ1) is 16.1. The Morgan fingerprint density at radius 1 is 1.30 bits per heavy atom. The number of H-pyrrole nitrogens is 1. The van der Waals surface area contributed by atoms with Crippen molar-refractivity contribution in [2.75, 3.05) is 19.6 Å². The number of hydrogen-bond donors (Lipinski definition) is 5. The maximum atomic E-state index is 11.8. The number of aromatic hydroxyl groups is 1. The first kappa shape index (κ1) is 22.1. The number of fused-ring (bicyclic) bond motifs is 1. The number of amides is 1. The Morgan fingerprint density at radius 3 is 2.94 bits per heavy atom. The van der Waals surface area contributed by atoms with Gasteiger partial charge in [0.1, 0.15) is 11.6 Å². The van der Waals surface area contributed by atoms with Crippen LogP contribution in [-0.2, 0) is 11.2 Å². The number of phenols is 1. The molecule has 0 bridgehead atoms. The average molecular weight is 451 g/mol. The van der Waals surface area contributed by atoms with Gasteiger partial charge in [0.05, 0.1) is 24.5 Å². The van der Waals surface area contributed by atoms with Crippen molar-refractivity contribution in [2.45, 2.75) is 57.0 Å². The van der Waals surface area contributed by atoms with Gasteiger partial charge in [-0.15, -0.1) is 0 Å². The van der Waals surface area contributed by atoms with Crippen LogP contribution in [0.3, 0.4) is 0 Å². The molecule has 1 aromatic carbocycles. The van der Waals surface area contributed by atoms with Crippen LogP contribution in [0.4, 0.5) is 0 Å². The summed E-state index contributed by atoms with van der Waals surface area (Å²) in [5, 5.41) is 9.86. The van der Waals surface area contributed by atoms with E-state index in [0.717, 1.165) is 43.6 Å². The van der Waals surface area contributed by atoms with Gasteiger partial charge >= 0.3 is 0 Å². The highest BCUT2D eigenvalue weighted by Gasteiger charge is 2.42. The molecule has 0 radical (unpaired) electrons. The van der Waals surface area contributed by atoms with Crippen molar-refractivity contribution in [3.63, 3.8) is 0 Å². The first-order valence-electron chi connectivity index (χ1n) is 12.1. The van der Waals surface area contributed by atoms with E-state index in [-0.39, 0.29) is 18.5 Å². The number of phenolic OH excluding ortho intramolecular Hbond substituents is 1. The lowest BCUT2D eigenvalue weighted by molar-refractivity contribution is -0.129. The third-order valence-electron chi connectivity index (χ3n) is 7.68. The Labute approximate surface area is 194 Å². The Morgan fingerprint density at radius 2 is 2.18 bits per heavy atom. The minimum absolute atomic E-state index is 0.00293. The number of rotatable bonds is 5. The van der Waals surface area contributed by atoms with Gasteiger partial charge < -0.3 is 20.7 Å². The maximum Gasteiger partial charge on any atom is 0.236 e. The molecule has 1 saturated carbocycles. The van der Waals surface area contributed by atoms with Crippen LogP contribution in [0.1, 0.15) is 67.2 Å². The SMILES string of the molecule is CCc1cc(O)ccc1C1CCC2C(C1)NNC2c1ncc(C2=CCN(C(=O)CN)CC2)[nH]1. The van der Waals surface area contributed by atoms with E-state index in [4.69, 9.17) is 10.7 Å². The molecule has 1 amide bonds. The van der Waals surface area contributed by atoms with Gasteiger partial charge in [0.2, 0.25) is 5.91 Å². The number of nitrogens with one attached hydrogen (secondary N) is 3. The number of benzene rings is 1. The number of hydrazine groups is 1. The molecule has 4 atom stereocenters. The van der Waals surface area contributed by atoms with Gasteiger partial charge in [-0.05, 0) is 72.8 Å². The molecule has 1 aromatic heterocycles. The Bertz CT molecular complexity index is 1050. The summed E-state index contributed by atoms with van der Waals surface area (Å²) in [5.74, 6) is 2.32. The highest BCUT2D eigenvalue weighted by atomic mass is 16.3. The van der Waals surface area contributed by atoms with Gasteiger partial charge in [0.25, 0.3) is 0 Å². The number of hydrogen-bond acceptors (Lipinski definition) is 6. The number of carbonyl (C=O) groups is 1. The molecule has 176 valence electrons. The van der Waals surface area contributed by atoms with Crippen LogP contribution in [-0.4, -0.2) is 51.6 Å². The normalized spacial score (nSPS) is 27.3. The second-order valence-electron chi connectivity index (χ2n) is 9.49. The number of aromatic amines is 1. The third kappa shape index (κ3) is 4.30. The van der Waals surface area contributed by atoms with E-state index in [9.17, 15) is 9.90 Å². The van der Waals surface area contributed by atoms with E-state index < -0.39 is 0 Å². The van der Waals surface area contributed by atoms with E-state index in [2.05, 4.69) is 34.9 Å². The highest BCUT2D eigenvalue weighted by molar-refractivity contribution is 5.79. The summed E-state index contributed by atoms with van der Waals surface area (Å²) in [4.78, 5) is 21.9. The molecular formula is C25H34N6O2. The molecule has 2 fully saturated rings. The summed E-state index contributed by atoms with van der Waals surface area (Å²) < 4.78 is 0. The van der Waals surface area contributed by atoms with Gasteiger partial charge in [-0.1, -0.05) is 19.1 Å². The molecule has 33 heavy (non-hydrogen) atoms. The summed E-state index contributed by atoms with van der Waals surface area (Å²) >= 11 is 0. The number of carbonyl (C=O) groups excluding carboxylic acids is 1. The highest BCUT2D eigenvalue weighted by Crippen LogP contribution is 2.44. The molecule has 6 N–H and O–H groups in total. The second-order valence-corrected chi connectivity index (χ2v) is 9.49. The quantitative estimate of drug-likeness (QED) is 0.477. The van der Waals surface area contributed by atoms with E-state index in [1.165, 1.54) is 16.7 Å². The van der Waals surface area contributed by atoms with Crippen molar-refractivity contribution >= 4 is 11.5 Å². The third-order valence-corrected chi connectivity index (χ3v) is 7.68. The minimum atomic E-state index is -0.00293. The van der Waals surface area contributed by atoms with Crippen LogP contribution < -0.4 is 16.6 Å². The molecule has 1 aliphatic carbocycles. The summed E-state index contributed by atoms with van der Waals surface area (Å²) in [6, 6.07) is 6.40. The molecule has 4 unspecified atom stereocenters. The minimum Gasteiger partial charge on any atom is -0.508 e. The van der Waals surface area contributed by atoms with Crippen LogP contribution in [0.25, 0.3) is 5.57 Å². The number of nitrogens with zero attached hydrogens (tertiary/aromatic N) is 2. The van der Waals surface area contributed by atoms with Crippen LogP contribution in [0.2, 0.25) is 0 Å². The first-order valence-corrected chi connectivity index (χ1v) is 12.1. The molecule has 8 nitrogen and oxygen atoms in total. The Hall–Kier alpha value is -2.68. The fourth-order valence-corrected chi connectivity index (χ4v) is 5.84. The molecule has 1 saturated heterocycles. The average Bonchev–Trinajstić information content (AvgIpc) is 3.50. The zero-order valence-corrected chi connectivity index (χ0v) is 19.2. The number of aromatic nitrogens is 2. The largest absolute Gasteiger partial charge is 0.508 e. The Balaban J connectivity index is 1.25. The summed E-state index contributed by atoms with van der Waals surface area (Å²) in [6.07, 6.45) is 9.12. The smallest absolute Gasteiger partial charge is 0.236 e. The van der Waals surface area contributed by atoms with E-state index >= 15 is 0 Å². The van der Waals surface area contributed by atoms with Crippen molar-refractivity contribution in [1.29, 1.82) is 0 Å². The standard InChI is InChI=1S/C25H34N6O2/c1-2-15-11-18(32)4-6-19(15)17-3-5-20-21(12-17)29-30-24(20)25-27-14-22(28-25)16-7-9-31(10-8-16)23(33)13-26/h4,6-7,11,14,17,20-21,24,29-30,32H,2-3,5,8-10,12-13,26H2,1H3,(H,27,28). The van der Waals surface area contributed by atoms with E-state index in [1.54, 1.807) is 4.90 Å². The fraction of sp³-hybridized carbons (Fsp3) is 0.520. The molecule has 3 heterocycles. The fourth-order valence-electron chi connectivity index (χ4n) is 5.84. The number of aryl methyl sites for hydroxylation is 1. The number of nitrogens with two attached hydrogens (primary N) is 1. The monoisotopic (exact) mass is 450 g/mol. The molecule has 5 rings (SSSR count). The van der Waals surface area contributed by atoms with Crippen molar-refractivity contribution in [3.05, 3.63) is 53.1 Å². The van der Waals surface area contributed by atoms with Gasteiger partial charge in [0.15, 0.2) is 0 Å². The number of imidazole rings is 1. The van der Waals surface area contributed by atoms with Crippen molar-refractivity contribution < 1.29 is 9.90 Å². The van der Waals surface area contributed by atoms with Crippen molar-refractivity contribution in [2.24, 2.45) is 11.7 Å². The lowest BCUT2D eigenvalue weighted by Crippen LogP contribution is -2.38. The molecular weight excluding hydrogens is 416 g/mol. The van der Waals surface area contributed by atoms with Gasteiger partial charge in [-0.2, -0.15) is 0 Å². The van der Waals surface area contributed by atoms with Crippen LogP contribution in [0.15, 0.2) is 30.5 Å². The van der Waals surface area contributed by atoms with Crippen LogP contribution >= 0.6 is 0 Å². The summed E-state index contributed by atoms with van der Waals surface area (Å²) in [7, 11) is 0. The van der Waals surface area contributed by atoms with E-state index in [0.29, 0.717) is 36.7 Å². The Kier molecular flexibility index (Phi) is 6.23. The molecule has 0 spiro atoms. The molecule has 3 aliphatic rings. The topological polar surface area (TPSA) is 119 Å². The van der Waals surface area contributed by atoms with Crippen LogP contribution in [0.5, 0.6) is 5.75 Å². The van der Waals surface area contributed by atoms with Gasteiger partial charge in [0, 0.05) is 19.1 Å². The van der Waals surface area contributed by atoms with Crippen LogP contribution in [0, 0.1) is 5.92 Å². The maximum absolute atomic E-state index is 11.8. The van der Waals surface area contributed by atoms with Gasteiger partial charge in [-0.3, -0.25) is 10.2 Å².